The van der Waals surface area contributed by atoms with Crippen molar-refractivity contribution in [3.8, 4) is 22.9 Å². The Bertz CT molecular complexity index is 1770. The van der Waals surface area contributed by atoms with E-state index in [2.05, 4.69) is 15.3 Å². The number of benzene rings is 3. The Kier molecular flexibility index (Phi) is 8.68. The maximum absolute atomic E-state index is 13.9. The molecule has 0 spiro atoms. The highest BCUT2D eigenvalue weighted by atomic mass is 16.5. The van der Waals surface area contributed by atoms with E-state index in [0.29, 0.717) is 52.9 Å². The number of imidazole rings is 1. The Morgan fingerprint density at radius 1 is 1.00 bits per heavy atom. The SMILES string of the molecule is COCCN(O)C/C=C/C(=O)Nc1cccc(-n2c(=O)n(-c3ccc(Oc4ccccc4)cc3)c3c(N)ncnc32)c1. The quantitative estimate of drug-likeness (QED) is 0.160. The molecule has 12 nitrogen and oxygen atoms in total. The minimum absolute atomic E-state index is 0.137. The zero-order valence-corrected chi connectivity index (χ0v) is 22.8. The molecule has 2 aromatic heterocycles. The molecule has 0 fully saturated rings. The lowest BCUT2D eigenvalue weighted by Crippen LogP contribution is -2.23. The number of amides is 1. The van der Waals surface area contributed by atoms with Crippen LogP contribution in [0.2, 0.25) is 0 Å². The number of ether oxygens (including phenoxy) is 2. The van der Waals surface area contributed by atoms with Crippen LogP contribution in [0.4, 0.5) is 11.5 Å². The molecule has 214 valence electrons. The van der Waals surface area contributed by atoms with Gasteiger partial charge in [-0.1, -0.05) is 30.3 Å². The summed E-state index contributed by atoms with van der Waals surface area (Å²) in [5.41, 5.74) is 7.94. The first-order valence-corrected chi connectivity index (χ1v) is 13.0. The average Bonchev–Trinajstić information content (AvgIpc) is 3.30. The molecule has 3 aromatic carbocycles. The first-order chi connectivity index (χ1) is 20.4. The topological polar surface area (TPSA) is 150 Å². The maximum Gasteiger partial charge on any atom is 0.339 e. The van der Waals surface area contributed by atoms with E-state index >= 15 is 0 Å². The standard InChI is InChI=1S/C30H29N7O5/c1-41-18-17-35(40)16-6-11-26(38)34-21-7-5-8-23(19-21)37-29-27(28(31)32-20-33-29)36(30(37)39)22-12-14-25(15-13-22)42-24-9-3-2-4-10-24/h2-15,19-20,40H,16-18H2,1H3,(H,34,38)(H2,31,32,33)/b11-6+. The fourth-order valence-electron chi connectivity index (χ4n) is 4.28. The van der Waals surface area contributed by atoms with Crippen molar-refractivity contribution >= 4 is 28.6 Å². The van der Waals surface area contributed by atoms with Gasteiger partial charge >= 0.3 is 5.69 Å². The summed E-state index contributed by atoms with van der Waals surface area (Å²) < 4.78 is 13.6. The molecule has 0 radical (unpaired) electrons. The van der Waals surface area contributed by atoms with Crippen LogP contribution in [0.25, 0.3) is 22.5 Å². The van der Waals surface area contributed by atoms with E-state index in [1.54, 1.807) is 55.6 Å². The number of nitrogens with two attached hydrogens (primary N) is 1. The highest BCUT2D eigenvalue weighted by Crippen LogP contribution is 2.26. The lowest BCUT2D eigenvalue weighted by atomic mass is 10.2. The van der Waals surface area contributed by atoms with E-state index in [9.17, 15) is 14.8 Å². The van der Waals surface area contributed by atoms with Crippen LogP contribution in [0, 0.1) is 0 Å². The number of aromatic nitrogens is 4. The molecule has 42 heavy (non-hydrogen) atoms. The van der Waals surface area contributed by atoms with E-state index in [1.165, 1.54) is 27.6 Å². The van der Waals surface area contributed by atoms with Crippen LogP contribution in [0.5, 0.6) is 11.5 Å². The molecule has 5 rings (SSSR count). The number of nitrogen functional groups attached to an aromatic ring is 1. The van der Waals surface area contributed by atoms with Crippen LogP contribution in [0.15, 0.2) is 102 Å². The van der Waals surface area contributed by atoms with Crippen molar-refractivity contribution in [2.24, 2.45) is 0 Å². The highest BCUT2D eigenvalue weighted by molar-refractivity contribution is 5.99. The van der Waals surface area contributed by atoms with Gasteiger partial charge in [-0.15, -0.1) is 0 Å². The summed E-state index contributed by atoms with van der Waals surface area (Å²) in [6.45, 7) is 0.836. The minimum atomic E-state index is -0.420. The molecule has 0 aliphatic heterocycles. The molecule has 0 bridgehead atoms. The monoisotopic (exact) mass is 567 g/mol. The number of para-hydroxylation sites is 1. The van der Waals surface area contributed by atoms with Gasteiger partial charge in [-0.2, -0.15) is 5.06 Å². The largest absolute Gasteiger partial charge is 0.457 e. The molecular weight excluding hydrogens is 538 g/mol. The number of nitrogens with zero attached hydrogens (tertiary/aromatic N) is 5. The summed E-state index contributed by atoms with van der Waals surface area (Å²) in [5.74, 6) is 1.03. The van der Waals surface area contributed by atoms with Crippen molar-refractivity contribution in [3.63, 3.8) is 0 Å². The predicted octanol–water partition coefficient (Wildman–Crippen LogP) is 3.78. The summed E-state index contributed by atoms with van der Waals surface area (Å²) in [6.07, 6.45) is 4.14. The minimum Gasteiger partial charge on any atom is -0.457 e. The smallest absolute Gasteiger partial charge is 0.339 e. The van der Waals surface area contributed by atoms with Gasteiger partial charge < -0.3 is 25.7 Å². The second kappa shape index (κ2) is 12.9. The van der Waals surface area contributed by atoms with Gasteiger partial charge in [0.2, 0.25) is 5.91 Å². The summed E-state index contributed by atoms with van der Waals surface area (Å²) in [4.78, 5) is 34.8. The molecule has 0 atom stereocenters. The van der Waals surface area contributed by atoms with Crippen LogP contribution in [-0.2, 0) is 9.53 Å². The highest BCUT2D eigenvalue weighted by Gasteiger charge is 2.20. The molecule has 0 saturated carbocycles. The predicted molar refractivity (Wildman–Crippen MR) is 158 cm³/mol. The van der Waals surface area contributed by atoms with Gasteiger partial charge in [0.1, 0.15) is 23.3 Å². The van der Waals surface area contributed by atoms with Crippen LogP contribution in [0.1, 0.15) is 0 Å². The zero-order valence-electron chi connectivity index (χ0n) is 22.8. The van der Waals surface area contributed by atoms with Crippen molar-refractivity contribution in [1.29, 1.82) is 0 Å². The molecule has 4 N–H and O–H groups in total. The number of hydroxylamine groups is 2. The molecule has 5 aromatic rings. The van der Waals surface area contributed by atoms with E-state index < -0.39 is 11.6 Å². The molecule has 12 heteroatoms. The fraction of sp³-hybridized carbons (Fsp3) is 0.133. The lowest BCUT2D eigenvalue weighted by Gasteiger charge is -2.11. The Balaban J connectivity index is 1.43. The number of rotatable bonds is 11. The van der Waals surface area contributed by atoms with Gasteiger partial charge in [-0.3, -0.25) is 9.36 Å². The second-order valence-electron chi connectivity index (χ2n) is 9.14. The van der Waals surface area contributed by atoms with Crippen molar-refractivity contribution in [2.45, 2.75) is 0 Å². The average molecular weight is 568 g/mol. The van der Waals surface area contributed by atoms with Gasteiger partial charge in [0, 0.05) is 32.0 Å². The Hall–Kier alpha value is -5.30. The first kappa shape index (κ1) is 28.2. The number of fused-ring (bicyclic) bond motifs is 1. The molecule has 1 amide bonds. The van der Waals surface area contributed by atoms with Crippen molar-refractivity contribution < 1.29 is 19.5 Å². The zero-order chi connectivity index (χ0) is 29.5. The summed E-state index contributed by atoms with van der Waals surface area (Å²) >= 11 is 0. The van der Waals surface area contributed by atoms with Gasteiger partial charge in [-0.25, -0.2) is 19.3 Å². The van der Waals surface area contributed by atoms with Crippen LogP contribution in [-0.4, -0.2) is 62.1 Å². The number of anilines is 2. The Labute approximate surface area is 240 Å². The van der Waals surface area contributed by atoms with Gasteiger partial charge in [0.15, 0.2) is 11.5 Å². The third-order valence-corrected chi connectivity index (χ3v) is 6.23. The van der Waals surface area contributed by atoms with Crippen molar-refractivity contribution in [3.05, 3.63) is 108 Å². The molecule has 0 unspecified atom stereocenters. The Morgan fingerprint density at radius 3 is 2.52 bits per heavy atom. The molecule has 0 aliphatic rings. The third kappa shape index (κ3) is 6.36. The number of methoxy groups -OCH3 is 1. The number of carbonyl (C=O) groups is 1. The Morgan fingerprint density at radius 2 is 1.76 bits per heavy atom. The number of carbonyl (C=O) groups excluding carboxylic acids is 1. The summed E-state index contributed by atoms with van der Waals surface area (Å²) in [5, 5.41) is 13.5. The van der Waals surface area contributed by atoms with Crippen molar-refractivity contribution in [2.75, 3.05) is 37.9 Å². The maximum atomic E-state index is 13.9. The normalized spacial score (nSPS) is 11.4. The van der Waals surface area contributed by atoms with Gasteiger partial charge in [0.25, 0.3) is 0 Å². The number of hydrogen-bond acceptors (Lipinski definition) is 9. The molecule has 0 aliphatic carbocycles. The van der Waals surface area contributed by atoms with E-state index in [0.717, 1.165) is 5.06 Å². The number of nitrogens with one attached hydrogen (secondary N) is 1. The van der Waals surface area contributed by atoms with E-state index in [4.69, 9.17) is 15.2 Å². The molecular formula is C30H29N7O5. The van der Waals surface area contributed by atoms with Crippen LogP contribution >= 0.6 is 0 Å². The van der Waals surface area contributed by atoms with E-state index in [1.807, 2.05) is 30.3 Å². The van der Waals surface area contributed by atoms with Gasteiger partial charge in [0.05, 0.1) is 18.0 Å². The summed E-state index contributed by atoms with van der Waals surface area (Å²) in [7, 11) is 1.54. The van der Waals surface area contributed by atoms with Gasteiger partial charge in [-0.05, 0) is 54.6 Å². The lowest BCUT2D eigenvalue weighted by molar-refractivity contribution is -0.112. The number of hydrogen-bond donors (Lipinski definition) is 3. The second-order valence-corrected chi connectivity index (χ2v) is 9.14. The van der Waals surface area contributed by atoms with Crippen LogP contribution in [0.3, 0.4) is 0 Å². The third-order valence-electron chi connectivity index (χ3n) is 6.23. The van der Waals surface area contributed by atoms with Crippen molar-refractivity contribution in [1.82, 2.24) is 24.2 Å². The molecule has 0 saturated heterocycles. The molecule has 2 heterocycles. The summed E-state index contributed by atoms with van der Waals surface area (Å²) in [6, 6.07) is 23.2. The van der Waals surface area contributed by atoms with Crippen LogP contribution < -0.4 is 21.5 Å². The fourth-order valence-corrected chi connectivity index (χ4v) is 4.28. The first-order valence-electron chi connectivity index (χ1n) is 13.0. The van der Waals surface area contributed by atoms with E-state index in [-0.39, 0.29) is 12.4 Å².